The molecule has 2 aromatic heterocycles. The van der Waals surface area contributed by atoms with Gasteiger partial charge in [-0.3, -0.25) is 18.7 Å². The van der Waals surface area contributed by atoms with Crippen molar-refractivity contribution in [3.05, 3.63) is 80.5 Å². The van der Waals surface area contributed by atoms with Crippen LogP contribution in [0.2, 0.25) is 0 Å². The van der Waals surface area contributed by atoms with E-state index < -0.39 is 17.2 Å². The highest BCUT2D eigenvalue weighted by Crippen LogP contribution is 2.46. The highest BCUT2D eigenvalue weighted by molar-refractivity contribution is 6.10. The molecule has 0 unspecified atom stereocenters. The monoisotopic (exact) mass is 430 g/mol. The van der Waals surface area contributed by atoms with E-state index in [0.717, 1.165) is 15.8 Å². The van der Waals surface area contributed by atoms with Gasteiger partial charge in [-0.05, 0) is 23.8 Å². The van der Waals surface area contributed by atoms with Crippen LogP contribution in [-0.2, 0) is 18.9 Å². The molecular weight excluding hydrogens is 408 g/mol. The molecule has 1 N–H and O–H groups in total. The number of aryl methyl sites for hydroxylation is 1. The van der Waals surface area contributed by atoms with E-state index in [-0.39, 0.29) is 5.91 Å². The van der Waals surface area contributed by atoms with Gasteiger partial charge in [0, 0.05) is 38.0 Å². The molecule has 8 nitrogen and oxygen atoms in total. The third-order valence-electron chi connectivity index (χ3n) is 6.30. The minimum Gasteiger partial charge on any atom is -0.496 e. The number of carbonyl (C=O) groups excluding carboxylic acids is 1. The number of hydrogen-bond donors (Lipinski definition) is 1. The van der Waals surface area contributed by atoms with Crippen LogP contribution in [0.15, 0.2) is 58.1 Å². The number of aromatic amines is 1. The number of nitrogens with zero attached hydrogens (tertiary/aromatic N) is 3. The van der Waals surface area contributed by atoms with Crippen LogP contribution >= 0.6 is 0 Å². The zero-order valence-corrected chi connectivity index (χ0v) is 18.2. The van der Waals surface area contributed by atoms with Gasteiger partial charge in [0.1, 0.15) is 11.4 Å². The SMILES string of the molecule is COc1ccccc1-c1[nH]c2c(c1[C@H]1C(=O)N(C)c3ccccc31)c(=O)n(C)c(=O)n2C. The van der Waals surface area contributed by atoms with Crippen molar-refractivity contribution in [2.45, 2.75) is 5.92 Å². The molecule has 1 aliphatic rings. The Morgan fingerprint density at radius 3 is 2.34 bits per heavy atom. The summed E-state index contributed by atoms with van der Waals surface area (Å²) in [5.74, 6) is -0.247. The molecule has 0 radical (unpaired) electrons. The lowest BCUT2D eigenvalue weighted by Crippen LogP contribution is -2.37. The van der Waals surface area contributed by atoms with E-state index in [1.165, 1.54) is 11.6 Å². The molecule has 0 spiro atoms. The summed E-state index contributed by atoms with van der Waals surface area (Å²) in [4.78, 5) is 44.4. The summed E-state index contributed by atoms with van der Waals surface area (Å²) in [6.07, 6.45) is 0. The molecule has 4 aromatic rings. The highest BCUT2D eigenvalue weighted by atomic mass is 16.5. The Kier molecular flexibility index (Phi) is 4.33. The molecule has 0 saturated carbocycles. The number of rotatable bonds is 3. The van der Waals surface area contributed by atoms with E-state index in [1.54, 1.807) is 26.1 Å². The average Bonchev–Trinajstić information content (AvgIpc) is 3.32. The topological polar surface area (TPSA) is 89.3 Å². The van der Waals surface area contributed by atoms with E-state index in [1.807, 2.05) is 48.5 Å². The molecule has 1 atom stereocenters. The number of hydrogen-bond acceptors (Lipinski definition) is 4. The standard InChI is InChI=1S/C24H22N4O4/c1-26-15-11-7-5-9-13(15)17(22(26)29)18-19-21(27(2)24(31)28(3)23(19)30)25-20(18)14-10-6-8-12-16(14)32-4/h5-12,17,25H,1-4H3/t17-/m0/s1. The average molecular weight is 430 g/mol. The fourth-order valence-electron chi connectivity index (χ4n) is 4.66. The minimum absolute atomic E-state index is 0.140. The maximum atomic E-state index is 13.5. The van der Waals surface area contributed by atoms with Gasteiger partial charge in [-0.25, -0.2) is 4.79 Å². The first-order valence-corrected chi connectivity index (χ1v) is 10.2. The number of anilines is 1. The normalized spacial score (nSPS) is 15.4. The van der Waals surface area contributed by atoms with E-state index in [9.17, 15) is 14.4 Å². The van der Waals surface area contributed by atoms with Crippen LogP contribution in [0.4, 0.5) is 5.69 Å². The Labute approximate surface area is 183 Å². The summed E-state index contributed by atoms with van der Waals surface area (Å²) in [7, 11) is 6.35. The Balaban J connectivity index is 1.97. The van der Waals surface area contributed by atoms with Gasteiger partial charge in [-0.1, -0.05) is 30.3 Å². The number of benzene rings is 2. The summed E-state index contributed by atoms with van der Waals surface area (Å²) in [5.41, 5.74) is 2.91. The predicted molar refractivity (Wildman–Crippen MR) is 122 cm³/mol. The van der Waals surface area contributed by atoms with Crippen molar-refractivity contribution in [1.82, 2.24) is 14.1 Å². The molecule has 3 heterocycles. The lowest BCUT2D eigenvalue weighted by molar-refractivity contribution is -0.118. The van der Waals surface area contributed by atoms with Gasteiger partial charge in [0.05, 0.1) is 24.1 Å². The molecule has 8 heteroatoms. The Bertz CT molecular complexity index is 1530. The largest absolute Gasteiger partial charge is 0.496 e. The second-order valence-corrected chi connectivity index (χ2v) is 7.93. The zero-order chi connectivity index (χ0) is 22.7. The Morgan fingerprint density at radius 1 is 0.906 bits per heavy atom. The summed E-state index contributed by atoms with van der Waals surface area (Å²) >= 11 is 0. The maximum Gasteiger partial charge on any atom is 0.332 e. The van der Waals surface area contributed by atoms with Gasteiger partial charge >= 0.3 is 5.69 Å². The van der Waals surface area contributed by atoms with Gasteiger partial charge in [0.15, 0.2) is 0 Å². The number of para-hydroxylation sites is 2. The highest BCUT2D eigenvalue weighted by Gasteiger charge is 2.40. The van der Waals surface area contributed by atoms with Gasteiger partial charge in [-0.2, -0.15) is 0 Å². The lowest BCUT2D eigenvalue weighted by atomic mass is 9.89. The molecule has 162 valence electrons. The van der Waals surface area contributed by atoms with Crippen LogP contribution in [0.25, 0.3) is 22.3 Å². The maximum absolute atomic E-state index is 13.5. The summed E-state index contributed by atoms with van der Waals surface area (Å²) in [5, 5.41) is 0.318. The van der Waals surface area contributed by atoms with Gasteiger partial charge in [0.2, 0.25) is 5.91 Å². The van der Waals surface area contributed by atoms with E-state index in [0.29, 0.717) is 33.6 Å². The third kappa shape index (κ3) is 2.52. The number of nitrogens with one attached hydrogen (secondary N) is 1. The molecule has 2 aromatic carbocycles. The Morgan fingerprint density at radius 2 is 1.59 bits per heavy atom. The number of ether oxygens (including phenoxy) is 1. The smallest absolute Gasteiger partial charge is 0.332 e. The number of aromatic nitrogens is 3. The van der Waals surface area contributed by atoms with Gasteiger partial charge in [0.25, 0.3) is 5.56 Å². The van der Waals surface area contributed by atoms with Crippen molar-refractivity contribution < 1.29 is 9.53 Å². The molecular formula is C24H22N4O4. The molecule has 0 bridgehead atoms. The van der Waals surface area contributed by atoms with Crippen LogP contribution in [0.3, 0.4) is 0 Å². The molecule has 0 saturated heterocycles. The van der Waals surface area contributed by atoms with Crippen LogP contribution in [0, 0.1) is 0 Å². The fourth-order valence-corrected chi connectivity index (χ4v) is 4.66. The van der Waals surface area contributed by atoms with Crippen molar-refractivity contribution >= 4 is 22.6 Å². The van der Waals surface area contributed by atoms with E-state index in [2.05, 4.69) is 4.98 Å². The molecule has 1 amide bonds. The first-order valence-electron chi connectivity index (χ1n) is 10.2. The molecule has 1 aliphatic heterocycles. The number of amides is 1. The van der Waals surface area contributed by atoms with Crippen molar-refractivity contribution in [1.29, 1.82) is 0 Å². The molecule has 0 fully saturated rings. The zero-order valence-electron chi connectivity index (χ0n) is 18.2. The predicted octanol–water partition coefficient (Wildman–Crippen LogP) is 2.35. The number of likely N-dealkylation sites (N-methyl/N-ethyl adjacent to an activating group) is 1. The van der Waals surface area contributed by atoms with Crippen molar-refractivity contribution in [2.75, 3.05) is 19.1 Å². The van der Waals surface area contributed by atoms with Crippen LogP contribution < -0.4 is 20.9 Å². The number of fused-ring (bicyclic) bond motifs is 2. The van der Waals surface area contributed by atoms with E-state index >= 15 is 0 Å². The second-order valence-electron chi connectivity index (χ2n) is 7.93. The fraction of sp³-hybridized carbons (Fsp3) is 0.208. The van der Waals surface area contributed by atoms with Gasteiger partial charge < -0.3 is 14.6 Å². The third-order valence-corrected chi connectivity index (χ3v) is 6.30. The van der Waals surface area contributed by atoms with Crippen LogP contribution in [0.1, 0.15) is 17.0 Å². The quantitative estimate of drug-likeness (QED) is 0.540. The number of methoxy groups -OCH3 is 1. The summed E-state index contributed by atoms with van der Waals surface area (Å²) in [6.45, 7) is 0. The van der Waals surface area contributed by atoms with Crippen LogP contribution in [0.5, 0.6) is 5.75 Å². The number of H-pyrrole nitrogens is 1. The second kappa shape index (κ2) is 6.98. The van der Waals surface area contributed by atoms with Gasteiger partial charge in [-0.15, -0.1) is 0 Å². The summed E-state index contributed by atoms with van der Waals surface area (Å²) in [6, 6.07) is 14.9. The molecule has 5 rings (SSSR count). The Hall–Kier alpha value is -4.07. The van der Waals surface area contributed by atoms with Crippen molar-refractivity contribution in [2.24, 2.45) is 14.1 Å². The first kappa shape index (κ1) is 19.9. The molecule has 32 heavy (non-hydrogen) atoms. The van der Waals surface area contributed by atoms with E-state index in [4.69, 9.17) is 4.74 Å². The lowest BCUT2D eigenvalue weighted by Gasteiger charge is -2.15. The van der Waals surface area contributed by atoms with Crippen molar-refractivity contribution in [3.63, 3.8) is 0 Å². The van der Waals surface area contributed by atoms with Crippen molar-refractivity contribution in [3.8, 4) is 17.0 Å². The molecule has 0 aliphatic carbocycles. The number of carbonyl (C=O) groups is 1. The minimum atomic E-state index is -0.699. The first-order chi connectivity index (χ1) is 15.4. The van der Waals surface area contributed by atoms with Crippen LogP contribution in [-0.4, -0.2) is 34.2 Å². The summed E-state index contributed by atoms with van der Waals surface area (Å²) < 4.78 is 8.04.